The number of nitrogens with zero attached hydrogens (tertiary/aromatic N) is 2. The van der Waals surface area contributed by atoms with Crippen LogP contribution in [0.5, 0.6) is 0 Å². The molecule has 1 aromatic heterocycles. The molecule has 0 saturated heterocycles. The van der Waals surface area contributed by atoms with Crippen molar-refractivity contribution in [1.82, 2.24) is 15.2 Å². The molecule has 0 aliphatic heterocycles. The van der Waals surface area contributed by atoms with E-state index >= 15 is 0 Å². The van der Waals surface area contributed by atoms with Crippen molar-refractivity contribution in [3.05, 3.63) is 70.1 Å². The van der Waals surface area contributed by atoms with Crippen LogP contribution in [0.1, 0.15) is 38.3 Å². The fraction of sp³-hybridized carbons (Fsp3) is 0.478. The zero-order valence-electron chi connectivity index (χ0n) is 17.9. The molecule has 0 aliphatic carbocycles. The van der Waals surface area contributed by atoms with Crippen molar-refractivity contribution >= 4 is 5.96 Å². The Bertz CT molecular complexity index is 797. The predicted octanol–water partition coefficient (Wildman–Crippen LogP) is 3.01. The van der Waals surface area contributed by atoms with Gasteiger partial charge in [0, 0.05) is 32.0 Å². The Morgan fingerprint density at radius 2 is 1.83 bits per heavy atom. The van der Waals surface area contributed by atoms with Crippen LogP contribution in [0.3, 0.4) is 0 Å². The lowest BCUT2D eigenvalue weighted by Crippen LogP contribution is -2.39. The van der Waals surface area contributed by atoms with Crippen molar-refractivity contribution in [1.29, 1.82) is 0 Å². The Morgan fingerprint density at radius 3 is 2.52 bits per heavy atom. The molecule has 0 saturated carbocycles. The molecule has 0 amide bonds. The first kappa shape index (κ1) is 22.7. The summed E-state index contributed by atoms with van der Waals surface area (Å²) in [6.45, 7) is 10.6. The van der Waals surface area contributed by atoms with Gasteiger partial charge in [-0.15, -0.1) is 0 Å². The van der Waals surface area contributed by atoms with Gasteiger partial charge in [-0.05, 0) is 36.5 Å². The number of ether oxygens (including phenoxy) is 1. The van der Waals surface area contributed by atoms with Crippen molar-refractivity contribution in [2.24, 2.45) is 10.9 Å². The van der Waals surface area contributed by atoms with Gasteiger partial charge in [0.2, 0.25) is 0 Å². The molecule has 6 nitrogen and oxygen atoms in total. The molecule has 0 aliphatic rings. The van der Waals surface area contributed by atoms with Gasteiger partial charge in [-0.2, -0.15) is 0 Å². The molecular formula is C23H34N4O2. The largest absolute Gasteiger partial charge is 0.380 e. The predicted molar refractivity (Wildman–Crippen MR) is 119 cm³/mol. The van der Waals surface area contributed by atoms with E-state index in [-0.39, 0.29) is 5.56 Å². The summed E-state index contributed by atoms with van der Waals surface area (Å²) in [5.41, 5.74) is 2.23. The second-order valence-electron chi connectivity index (χ2n) is 7.40. The topological polar surface area (TPSA) is 67.7 Å². The fourth-order valence-electron chi connectivity index (χ4n) is 2.71. The number of pyridine rings is 1. The van der Waals surface area contributed by atoms with Gasteiger partial charge in [0.05, 0.1) is 19.7 Å². The molecule has 0 fully saturated rings. The maximum Gasteiger partial charge on any atom is 0.250 e. The summed E-state index contributed by atoms with van der Waals surface area (Å²) in [5.74, 6) is 1.46. The molecule has 0 radical (unpaired) electrons. The maximum absolute atomic E-state index is 11.8. The van der Waals surface area contributed by atoms with Gasteiger partial charge in [-0.1, -0.05) is 44.2 Å². The summed E-state index contributed by atoms with van der Waals surface area (Å²) in [4.78, 5) is 16.5. The molecule has 2 aromatic rings. The number of hydrogen-bond donors (Lipinski definition) is 2. The van der Waals surface area contributed by atoms with E-state index in [0.29, 0.717) is 25.6 Å². The molecule has 0 atom stereocenters. The van der Waals surface area contributed by atoms with Crippen LogP contribution in [0.2, 0.25) is 0 Å². The molecule has 158 valence electrons. The van der Waals surface area contributed by atoms with Crippen LogP contribution < -0.4 is 16.2 Å². The molecule has 2 rings (SSSR count). The summed E-state index contributed by atoms with van der Waals surface area (Å²) < 4.78 is 7.33. The van der Waals surface area contributed by atoms with E-state index in [4.69, 9.17) is 4.74 Å². The summed E-state index contributed by atoms with van der Waals surface area (Å²) in [7, 11) is 0. The lowest BCUT2D eigenvalue weighted by atomic mass is 10.1. The van der Waals surface area contributed by atoms with Gasteiger partial charge in [0.25, 0.3) is 5.56 Å². The van der Waals surface area contributed by atoms with Crippen LogP contribution in [-0.2, 0) is 17.8 Å². The summed E-state index contributed by atoms with van der Waals surface area (Å²) in [5, 5.41) is 6.56. The first-order valence-corrected chi connectivity index (χ1v) is 10.4. The minimum Gasteiger partial charge on any atom is -0.380 e. The van der Waals surface area contributed by atoms with E-state index in [1.807, 2.05) is 18.2 Å². The second-order valence-corrected chi connectivity index (χ2v) is 7.40. The summed E-state index contributed by atoms with van der Waals surface area (Å²) in [6, 6.07) is 13.4. The first-order chi connectivity index (χ1) is 14.1. The van der Waals surface area contributed by atoms with Crippen LogP contribution in [0.15, 0.2) is 58.4 Å². The van der Waals surface area contributed by atoms with E-state index in [0.717, 1.165) is 43.2 Å². The molecule has 1 aromatic carbocycles. The normalized spacial score (nSPS) is 11.7. The minimum atomic E-state index is 0.00992. The standard InChI is InChI=1S/C23H34N4O2/c1-4-24-23(25-13-16-29-15-12-19(2)3)26-17-20-8-10-21(11-9-20)18-27-14-6-5-7-22(27)28/h5-11,14,19H,4,12-13,15-18H2,1-3H3,(H2,24,25,26). The third-order valence-electron chi connectivity index (χ3n) is 4.42. The van der Waals surface area contributed by atoms with Crippen molar-refractivity contribution < 1.29 is 4.74 Å². The first-order valence-electron chi connectivity index (χ1n) is 10.4. The summed E-state index contributed by atoms with van der Waals surface area (Å²) >= 11 is 0. The quantitative estimate of drug-likeness (QED) is 0.347. The highest BCUT2D eigenvalue weighted by atomic mass is 16.5. The smallest absolute Gasteiger partial charge is 0.250 e. The lowest BCUT2D eigenvalue weighted by Gasteiger charge is -2.12. The van der Waals surface area contributed by atoms with Gasteiger partial charge in [0.1, 0.15) is 0 Å². The van der Waals surface area contributed by atoms with Gasteiger partial charge in [0.15, 0.2) is 5.96 Å². The zero-order valence-corrected chi connectivity index (χ0v) is 17.9. The minimum absolute atomic E-state index is 0.00992. The van der Waals surface area contributed by atoms with Gasteiger partial charge in [-0.3, -0.25) is 4.79 Å². The van der Waals surface area contributed by atoms with Crippen molar-refractivity contribution in [2.75, 3.05) is 26.3 Å². The van der Waals surface area contributed by atoms with Crippen LogP contribution >= 0.6 is 0 Å². The molecule has 1 heterocycles. The average Bonchev–Trinajstić information content (AvgIpc) is 2.71. The molecule has 0 bridgehead atoms. The molecule has 0 spiro atoms. The van der Waals surface area contributed by atoms with Gasteiger partial charge in [-0.25, -0.2) is 4.99 Å². The van der Waals surface area contributed by atoms with E-state index in [1.54, 1.807) is 22.9 Å². The highest BCUT2D eigenvalue weighted by molar-refractivity contribution is 5.79. The maximum atomic E-state index is 11.8. The van der Waals surface area contributed by atoms with Crippen molar-refractivity contribution in [2.45, 2.75) is 40.3 Å². The molecule has 0 unspecified atom stereocenters. The lowest BCUT2D eigenvalue weighted by molar-refractivity contribution is 0.128. The highest BCUT2D eigenvalue weighted by Crippen LogP contribution is 2.07. The van der Waals surface area contributed by atoms with E-state index in [2.05, 4.69) is 48.5 Å². The van der Waals surface area contributed by atoms with Crippen molar-refractivity contribution in [3.8, 4) is 0 Å². The van der Waals surface area contributed by atoms with E-state index in [1.165, 1.54) is 0 Å². The zero-order chi connectivity index (χ0) is 20.9. The molecule has 29 heavy (non-hydrogen) atoms. The number of benzene rings is 1. The third kappa shape index (κ3) is 8.96. The average molecular weight is 399 g/mol. The Balaban J connectivity index is 1.82. The molecular weight excluding hydrogens is 364 g/mol. The molecule has 2 N–H and O–H groups in total. The Labute approximate surface area is 174 Å². The number of guanidine groups is 1. The molecule has 6 heteroatoms. The Morgan fingerprint density at radius 1 is 1.07 bits per heavy atom. The van der Waals surface area contributed by atoms with Crippen LogP contribution in [0, 0.1) is 5.92 Å². The van der Waals surface area contributed by atoms with Crippen LogP contribution in [0.4, 0.5) is 0 Å². The Kier molecular flexibility index (Phi) is 10.00. The monoisotopic (exact) mass is 398 g/mol. The van der Waals surface area contributed by atoms with Gasteiger partial charge < -0.3 is 19.9 Å². The number of aliphatic imine (C=N–C) groups is 1. The SMILES string of the molecule is CCNC(=NCc1ccc(Cn2ccccc2=O)cc1)NCCOCCC(C)C. The second kappa shape index (κ2) is 12.8. The fourth-order valence-corrected chi connectivity index (χ4v) is 2.71. The number of rotatable bonds is 11. The number of hydrogen-bond acceptors (Lipinski definition) is 3. The van der Waals surface area contributed by atoms with Gasteiger partial charge >= 0.3 is 0 Å². The van der Waals surface area contributed by atoms with E-state index < -0.39 is 0 Å². The number of nitrogens with one attached hydrogen (secondary N) is 2. The Hall–Kier alpha value is -2.60. The highest BCUT2D eigenvalue weighted by Gasteiger charge is 2.00. The van der Waals surface area contributed by atoms with E-state index in [9.17, 15) is 4.79 Å². The third-order valence-corrected chi connectivity index (χ3v) is 4.42. The summed E-state index contributed by atoms with van der Waals surface area (Å²) in [6.07, 6.45) is 2.89. The van der Waals surface area contributed by atoms with Crippen molar-refractivity contribution in [3.63, 3.8) is 0 Å². The van der Waals surface area contributed by atoms with Crippen LogP contribution in [0.25, 0.3) is 0 Å². The number of aromatic nitrogens is 1. The van der Waals surface area contributed by atoms with Crippen LogP contribution in [-0.4, -0.2) is 36.8 Å².